The van der Waals surface area contributed by atoms with Gasteiger partial charge in [0, 0.05) is 16.7 Å². The van der Waals surface area contributed by atoms with Crippen LogP contribution in [-0.4, -0.2) is 40.1 Å². The molecule has 0 aromatic carbocycles. The van der Waals surface area contributed by atoms with Crippen molar-refractivity contribution in [2.24, 2.45) is 28.6 Å². The van der Waals surface area contributed by atoms with Gasteiger partial charge in [0.25, 0.3) is 0 Å². The molecular weight excluding hydrogens is 457 g/mol. The number of ketones is 2. The van der Waals surface area contributed by atoms with Crippen LogP contribution < -0.4 is 68.9 Å². The van der Waals surface area contributed by atoms with Crippen molar-refractivity contribution in [3.8, 4) is 0 Å². The number of allylic oxidation sites excluding steroid dienone is 6. The number of hydrogen-bond donors (Lipinski definition) is 2. The summed E-state index contributed by atoms with van der Waals surface area (Å²) < 4.78 is 14.9. The van der Waals surface area contributed by atoms with Crippen molar-refractivity contribution in [2.45, 2.75) is 44.8 Å². The number of Topliss-reactive ketones (excluding diaryl/α,β-unsaturated/α-hetero) is 1. The summed E-state index contributed by atoms with van der Waals surface area (Å²) in [5.41, 5.74) is -2.63. The first kappa shape index (κ1) is 28.8. The molecule has 2 fully saturated rings. The SMILES string of the molecule is C[C@]12C=CC(=O)C=C1C=C[C@@H]1[C@@H]2[C@@H](O)C[C@@]2(C)[C@H]1CC[C@]2(O)C(=O)COP(=O)([O-])[O-].[Na+].[Na+]. The summed E-state index contributed by atoms with van der Waals surface area (Å²) in [5, 5.41) is 22.5. The van der Waals surface area contributed by atoms with Crippen LogP contribution in [0.4, 0.5) is 0 Å². The molecule has 11 heteroatoms. The van der Waals surface area contributed by atoms with Crippen LogP contribution in [0.5, 0.6) is 0 Å². The number of rotatable bonds is 4. The van der Waals surface area contributed by atoms with E-state index in [2.05, 4.69) is 4.52 Å². The first-order chi connectivity index (χ1) is 13.8. The smallest absolute Gasteiger partial charge is 0.790 e. The van der Waals surface area contributed by atoms with E-state index in [0.29, 0.717) is 6.42 Å². The van der Waals surface area contributed by atoms with E-state index >= 15 is 0 Å². The van der Waals surface area contributed by atoms with Crippen molar-refractivity contribution in [3.05, 3.63) is 36.0 Å². The zero-order chi connectivity index (χ0) is 22.1. The predicted octanol–water partition coefficient (Wildman–Crippen LogP) is -5.81. The van der Waals surface area contributed by atoms with Gasteiger partial charge in [-0.1, -0.05) is 32.1 Å². The Morgan fingerprint density at radius 3 is 2.56 bits per heavy atom. The predicted molar refractivity (Wildman–Crippen MR) is 101 cm³/mol. The summed E-state index contributed by atoms with van der Waals surface area (Å²) in [6.45, 7) is 2.70. The van der Waals surface area contributed by atoms with Crippen molar-refractivity contribution in [1.82, 2.24) is 0 Å². The minimum Gasteiger partial charge on any atom is -0.790 e. The third kappa shape index (κ3) is 4.45. The van der Waals surface area contributed by atoms with Gasteiger partial charge in [-0.25, -0.2) is 0 Å². The Kier molecular flexibility index (Phi) is 8.62. The molecular formula is C21H25Na2O8P. The van der Waals surface area contributed by atoms with Crippen LogP contribution >= 0.6 is 7.82 Å². The van der Waals surface area contributed by atoms with Crippen LogP contribution in [0.1, 0.15) is 33.1 Å². The maximum absolute atomic E-state index is 12.7. The zero-order valence-corrected chi connectivity index (χ0v) is 23.7. The fourth-order valence-electron chi connectivity index (χ4n) is 6.50. The van der Waals surface area contributed by atoms with Gasteiger partial charge >= 0.3 is 59.1 Å². The monoisotopic (exact) mass is 482 g/mol. The minimum absolute atomic E-state index is 0. The van der Waals surface area contributed by atoms with Crippen LogP contribution in [0.15, 0.2) is 36.0 Å². The average Bonchev–Trinajstić information content (AvgIpc) is 2.91. The van der Waals surface area contributed by atoms with Crippen molar-refractivity contribution in [2.75, 3.05) is 6.61 Å². The van der Waals surface area contributed by atoms with Crippen LogP contribution in [0.25, 0.3) is 0 Å². The molecule has 0 aromatic heterocycles. The Morgan fingerprint density at radius 1 is 1.28 bits per heavy atom. The topological polar surface area (TPSA) is 147 Å². The van der Waals surface area contributed by atoms with Crippen LogP contribution in [-0.2, 0) is 18.7 Å². The van der Waals surface area contributed by atoms with Crippen LogP contribution in [0.3, 0.4) is 0 Å². The quantitative estimate of drug-likeness (QED) is 0.298. The van der Waals surface area contributed by atoms with Gasteiger partial charge in [-0.3, -0.25) is 9.59 Å². The summed E-state index contributed by atoms with van der Waals surface area (Å²) in [7, 11) is -5.35. The molecule has 0 saturated heterocycles. The molecule has 8 nitrogen and oxygen atoms in total. The summed E-state index contributed by atoms with van der Waals surface area (Å²) in [5.74, 6) is -1.48. The number of phosphoric acid groups is 1. The van der Waals surface area contributed by atoms with E-state index in [1.165, 1.54) is 6.08 Å². The number of carbonyl (C=O) groups excluding carboxylic acids is 2. The van der Waals surface area contributed by atoms with E-state index in [-0.39, 0.29) is 95.5 Å². The van der Waals surface area contributed by atoms with Crippen molar-refractivity contribution < 1.29 is 97.8 Å². The van der Waals surface area contributed by atoms with Crippen molar-refractivity contribution in [3.63, 3.8) is 0 Å². The van der Waals surface area contributed by atoms with Gasteiger partial charge in [-0.2, -0.15) is 0 Å². The second-order valence-electron chi connectivity index (χ2n) is 9.42. The Labute approximate surface area is 231 Å². The van der Waals surface area contributed by atoms with Crippen molar-refractivity contribution >= 4 is 19.4 Å². The molecule has 0 spiro atoms. The number of aliphatic hydroxyl groups is 2. The van der Waals surface area contributed by atoms with Gasteiger partial charge in [0.2, 0.25) is 0 Å². The zero-order valence-electron chi connectivity index (χ0n) is 18.8. The number of aliphatic hydroxyl groups excluding tert-OH is 1. The maximum atomic E-state index is 12.7. The molecule has 7 atom stereocenters. The third-order valence-corrected chi connectivity index (χ3v) is 8.47. The number of carbonyl (C=O) groups is 2. The largest absolute Gasteiger partial charge is 1.00 e. The van der Waals surface area contributed by atoms with E-state index in [4.69, 9.17) is 0 Å². The van der Waals surface area contributed by atoms with Gasteiger partial charge in [-0.05, 0) is 48.8 Å². The normalized spacial score (nSPS) is 42.1. The minimum atomic E-state index is -5.35. The molecule has 0 bridgehead atoms. The Hall–Kier alpha value is 0.590. The Balaban J connectivity index is 0.00000181. The third-order valence-electron chi connectivity index (χ3n) is 8.03. The molecule has 2 N–H and O–H groups in total. The molecule has 4 aliphatic carbocycles. The Bertz CT molecular complexity index is 942. The van der Waals surface area contributed by atoms with E-state index in [1.807, 2.05) is 25.2 Å². The fraction of sp³-hybridized carbons (Fsp3) is 0.619. The second-order valence-corrected chi connectivity index (χ2v) is 10.6. The molecule has 0 radical (unpaired) electrons. The molecule has 32 heavy (non-hydrogen) atoms. The van der Waals surface area contributed by atoms with E-state index in [9.17, 15) is 34.2 Å². The second kappa shape index (κ2) is 9.57. The molecule has 0 aliphatic heterocycles. The number of fused-ring (bicyclic) bond motifs is 5. The van der Waals surface area contributed by atoms with Gasteiger partial charge in [-0.15, -0.1) is 0 Å². The van der Waals surface area contributed by atoms with E-state index in [0.717, 1.165) is 5.57 Å². The van der Waals surface area contributed by atoms with Gasteiger partial charge < -0.3 is 29.1 Å². The molecule has 0 heterocycles. The molecule has 4 rings (SSSR count). The Morgan fingerprint density at radius 2 is 1.94 bits per heavy atom. The molecule has 2 saturated carbocycles. The summed E-state index contributed by atoms with van der Waals surface area (Å²) >= 11 is 0. The standard InChI is InChI=1S/C21H27O8P.2Na/c1-19-7-5-13(22)9-12(19)3-4-14-15-6-8-21(25,17(24)11-29-30(26,27)28)20(15,2)10-16(23)18(14)19;;/h3-5,7,9,14-16,18,23,25H,6,8,10-11H2,1-2H3,(H2,26,27,28);;/q;2*+1/p-2/t14-,15-,16-,18+,19-,20-,21-;;/m0../s1. The number of phosphoric ester groups is 1. The molecule has 0 aromatic rings. The first-order valence-corrected chi connectivity index (χ1v) is 11.5. The molecule has 164 valence electrons. The number of hydrogen-bond acceptors (Lipinski definition) is 8. The van der Waals surface area contributed by atoms with Gasteiger partial charge in [0.1, 0.15) is 12.2 Å². The van der Waals surface area contributed by atoms with Crippen LogP contribution in [0.2, 0.25) is 0 Å². The van der Waals surface area contributed by atoms with Gasteiger partial charge in [0.05, 0.1) is 13.9 Å². The first-order valence-electron chi connectivity index (χ1n) is 10.1. The molecule has 0 amide bonds. The fourth-order valence-corrected chi connectivity index (χ4v) is 6.78. The molecule has 0 unspecified atom stereocenters. The summed E-state index contributed by atoms with van der Waals surface area (Å²) in [6, 6.07) is 0. The van der Waals surface area contributed by atoms with E-state index in [1.54, 1.807) is 13.0 Å². The molecule has 4 aliphatic rings. The average molecular weight is 482 g/mol. The van der Waals surface area contributed by atoms with Crippen molar-refractivity contribution in [1.29, 1.82) is 0 Å². The summed E-state index contributed by atoms with van der Waals surface area (Å²) in [4.78, 5) is 46.1. The van der Waals surface area contributed by atoms with Crippen LogP contribution in [0, 0.1) is 28.6 Å². The van der Waals surface area contributed by atoms with E-state index < -0.39 is 42.7 Å². The maximum Gasteiger partial charge on any atom is 1.00 e. The van der Waals surface area contributed by atoms with Gasteiger partial charge in [0.15, 0.2) is 11.6 Å². The summed E-state index contributed by atoms with van der Waals surface area (Å²) in [6.07, 6.45) is 8.61.